The maximum Gasteiger partial charge on any atom is 0.322 e. The number of anilines is 1. The Balaban J connectivity index is 1.63. The Labute approximate surface area is 163 Å². The molecule has 0 aliphatic carbocycles. The summed E-state index contributed by atoms with van der Waals surface area (Å²) in [4.78, 5) is 12.3. The molecule has 0 atom stereocenters. The van der Waals surface area contributed by atoms with Crippen molar-refractivity contribution in [2.75, 3.05) is 11.1 Å². The first kappa shape index (κ1) is 19.8. The Morgan fingerprint density at radius 1 is 1.00 bits per heavy atom. The lowest BCUT2D eigenvalue weighted by Crippen LogP contribution is -2.17. The first-order chi connectivity index (χ1) is 13.2. The number of benzene rings is 2. The molecule has 8 heteroatoms. The van der Waals surface area contributed by atoms with Gasteiger partial charge in [0.15, 0.2) is 9.84 Å². The number of amides is 1. The minimum Gasteiger partial charge on any atom is -0.403 e. The summed E-state index contributed by atoms with van der Waals surface area (Å²) in [6.45, 7) is 5.75. The summed E-state index contributed by atoms with van der Waals surface area (Å²) in [7, 11) is -3.54. The predicted molar refractivity (Wildman–Crippen MR) is 106 cm³/mol. The number of nitrogens with one attached hydrogen (secondary N) is 1. The number of hydrogen-bond donors (Lipinski definition) is 1. The summed E-state index contributed by atoms with van der Waals surface area (Å²) in [5.74, 6) is -0.518. The van der Waals surface area contributed by atoms with E-state index in [1.165, 1.54) is 12.1 Å². The van der Waals surface area contributed by atoms with E-state index in [0.29, 0.717) is 5.89 Å². The van der Waals surface area contributed by atoms with Gasteiger partial charge in [0, 0.05) is 12.0 Å². The van der Waals surface area contributed by atoms with Crippen molar-refractivity contribution in [3.8, 4) is 11.5 Å². The molecule has 3 aromatic rings. The van der Waals surface area contributed by atoms with E-state index in [1.54, 1.807) is 12.1 Å². The van der Waals surface area contributed by atoms with Crippen molar-refractivity contribution in [2.45, 2.75) is 32.1 Å². The molecule has 0 aliphatic rings. The van der Waals surface area contributed by atoms with E-state index in [4.69, 9.17) is 4.42 Å². The summed E-state index contributed by atoms with van der Waals surface area (Å²) < 4.78 is 30.2. The molecule has 0 bridgehead atoms. The van der Waals surface area contributed by atoms with Gasteiger partial charge in [-0.25, -0.2) is 8.42 Å². The molecule has 0 aliphatic heterocycles. The lowest BCUT2D eigenvalue weighted by Gasteiger charge is -2.05. The van der Waals surface area contributed by atoms with Gasteiger partial charge in [-0.2, -0.15) is 0 Å². The van der Waals surface area contributed by atoms with Gasteiger partial charge in [-0.3, -0.25) is 10.1 Å². The summed E-state index contributed by atoms with van der Waals surface area (Å²) in [5, 5.41) is 10.2. The number of sulfone groups is 1. The largest absolute Gasteiger partial charge is 0.403 e. The zero-order valence-corrected chi connectivity index (χ0v) is 16.7. The van der Waals surface area contributed by atoms with Gasteiger partial charge in [0.2, 0.25) is 11.8 Å². The molecule has 28 heavy (non-hydrogen) atoms. The van der Waals surface area contributed by atoms with Crippen LogP contribution in [0, 0.1) is 20.8 Å². The lowest BCUT2D eigenvalue weighted by molar-refractivity contribution is -0.115. The number of aryl methyl sites for hydroxylation is 3. The number of hydrogen-bond acceptors (Lipinski definition) is 6. The summed E-state index contributed by atoms with van der Waals surface area (Å²) in [6, 6.07) is 12.3. The maximum absolute atomic E-state index is 12.3. The van der Waals surface area contributed by atoms with E-state index < -0.39 is 15.7 Å². The summed E-state index contributed by atoms with van der Waals surface area (Å²) >= 11 is 0. The maximum atomic E-state index is 12.3. The third-order valence-electron chi connectivity index (χ3n) is 4.27. The average Bonchev–Trinajstić information content (AvgIpc) is 3.11. The molecule has 3 rings (SSSR count). The average molecular weight is 399 g/mol. The highest BCUT2D eigenvalue weighted by atomic mass is 32.2. The molecular formula is C20H21N3O4S. The van der Waals surface area contributed by atoms with Crippen molar-refractivity contribution in [1.82, 2.24) is 10.2 Å². The first-order valence-corrected chi connectivity index (χ1v) is 10.4. The third-order valence-corrected chi connectivity index (χ3v) is 6.00. The second kappa shape index (κ2) is 7.93. The molecule has 146 valence electrons. The fourth-order valence-corrected chi connectivity index (χ4v) is 3.86. The number of rotatable bonds is 6. The minimum atomic E-state index is -3.54. The van der Waals surface area contributed by atoms with Crippen LogP contribution in [0.1, 0.15) is 23.1 Å². The van der Waals surface area contributed by atoms with Gasteiger partial charge in [0.25, 0.3) is 0 Å². The van der Waals surface area contributed by atoms with Crippen LogP contribution in [0.25, 0.3) is 11.5 Å². The highest BCUT2D eigenvalue weighted by Crippen LogP contribution is 2.24. The SMILES string of the molecule is Cc1ccc(S(=O)(=O)CCC(=O)Nc2nnc(-c3cc(C)ccc3C)o2)cc1. The van der Waals surface area contributed by atoms with Crippen molar-refractivity contribution in [2.24, 2.45) is 0 Å². The van der Waals surface area contributed by atoms with Crippen molar-refractivity contribution in [3.05, 3.63) is 59.2 Å². The fourth-order valence-electron chi connectivity index (χ4n) is 2.62. The van der Waals surface area contributed by atoms with Crippen molar-refractivity contribution in [3.63, 3.8) is 0 Å². The topological polar surface area (TPSA) is 102 Å². The Kier molecular flexibility index (Phi) is 5.60. The van der Waals surface area contributed by atoms with Crippen molar-refractivity contribution in [1.29, 1.82) is 0 Å². The van der Waals surface area contributed by atoms with Crippen LogP contribution in [-0.4, -0.2) is 30.3 Å². The number of carbonyl (C=O) groups is 1. The van der Waals surface area contributed by atoms with Crippen LogP contribution in [-0.2, 0) is 14.6 Å². The van der Waals surface area contributed by atoms with E-state index in [-0.39, 0.29) is 23.1 Å². The summed E-state index contributed by atoms with van der Waals surface area (Å²) in [6.07, 6.45) is -0.211. The predicted octanol–water partition coefficient (Wildman–Crippen LogP) is 3.46. The molecule has 0 spiro atoms. The molecule has 0 fully saturated rings. The highest BCUT2D eigenvalue weighted by Gasteiger charge is 2.18. The number of carbonyl (C=O) groups excluding carboxylic acids is 1. The van der Waals surface area contributed by atoms with E-state index >= 15 is 0 Å². The van der Waals surface area contributed by atoms with Crippen LogP contribution >= 0.6 is 0 Å². The third kappa shape index (κ3) is 4.64. The van der Waals surface area contributed by atoms with Crippen molar-refractivity contribution >= 4 is 21.8 Å². The highest BCUT2D eigenvalue weighted by molar-refractivity contribution is 7.91. The van der Waals surface area contributed by atoms with Gasteiger partial charge >= 0.3 is 6.01 Å². The van der Waals surface area contributed by atoms with Gasteiger partial charge in [-0.05, 0) is 44.5 Å². The van der Waals surface area contributed by atoms with Crippen LogP contribution in [0.15, 0.2) is 51.8 Å². The van der Waals surface area contributed by atoms with Gasteiger partial charge in [-0.1, -0.05) is 40.5 Å². The van der Waals surface area contributed by atoms with Gasteiger partial charge in [-0.15, -0.1) is 5.10 Å². The molecule has 1 heterocycles. The lowest BCUT2D eigenvalue weighted by atomic mass is 10.1. The van der Waals surface area contributed by atoms with Crippen LogP contribution < -0.4 is 5.32 Å². The van der Waals surface area contributed by atoms with Crippen LogP contribution in [0.3, 0.4) is 0 Å². The molecule has 7 nitrogen and oxygen atoms in total. The first-order valence-electron chi connectivity index (χ1n) is 8.75. The molecule has 0 radical (unpaired) electrons. The van der Waals surface area contributed by atoms with Crippen LogP contribution in [0.2, 0.25) is 0 Å². The molecule has 1 aromatic heterocycles. The van der Waals surface area contributed by atoms with Crippen LogP contribution in [0.5, 0.6) is 0 Å². The normalized spacial score (nSPS) is 11.4. The number of nitrogens with zero attached hydrogens (tertiary/aromatic N) is 2. The van der Waals surface area contributed by atoms with E-state index in [9.17, 15) is 13.2 Å². The standard InChI is InChI=1S/C20H21N3O4S/c1-13-5-8-16(9-6-13)28(25,26)11-10-18(24)21-20-23-22-19(27-20)17-12-14(2)4-7-15(17)3/h4-9,12H,10-11H2,1-3H3,(H,21,23,24). The zero-order valence-electron chi connectivity index (χ0n) is 15.9. The minimum absolute atomic E-state index is 0.0614. The molecule has 2 aromatic carbocycles. The van der Waals surface area contributed by atoms with E-state index in [0.717, 1.165) is 22.3 Å². The Hall–Kier alpha value is -3.00. The summed E-state index contributed by atoms with van der Waals surface area (Å²) in [5.41, 5.74) is 3.77. The van der Waals surface area contributed by atoms with Gasteiger partial charge < -0.3 is 4.42 Å². The number of aromatic nitrogens is 2. The van der Waals surface area contributed by atoms with E-state index in [2.05, 4.69) is 15.5 Å². The van der Waals surface area contributed by atoms with Gasteiger partial charge in [0.05, 0.1) is 10.6 Å². The Morgan fingerprint density at radius 2 is 1.68 bits per heavy atom. The van der Waals surface area contributed by atoms with E-state index in [1.807, 2.05) is 39.0 Å². The molecule has 0 saturated carbocycles. The quantitative estimate of drug-likeness (QED) is 0.681. The monoisotopic (exact) mass is 399 g/mol. The second-order valence-electron chi connectivity index (χ2n) is 6.66. The molecule has 1 amide bonds. The zero-order chi connectivity index (χ0) is 20.3. The Bertz CT molecular complexity index is 1100. The van der Waals surface area contributed by atoms with Crippen molar-refractivity contribution < 1.29 is 17.6 Å². The molecular weight excluding hydrogens is 378 g/mol. The Morgan fingerprint density at radius 3 is 2.39 bits per heavy atom. The molecule has 0 saturated heterocycles. The molecule has 0 unspecified atom stereocenters. The van der Waals surface area contributed by atoms with Gasteiger partial charge in [0.1, 0.15) is 0 Å². The molecule has 1 N–H and O–H groups in total. The smallest absolute Gasteiger partial charge is 0.322 e. The van der Waals surface area contributed by atoms with Crippen LogP contribution in [0.4, 0.5) is 6.01 Å². The second-order valence-corrected chi connectivity index (χ2v) is 8.77. The fraction of sp³-hybridized carbons (Fsp3) is 0.250.